The Morgan fingerprint density at radius 3 is 2.42 bits per heavy atom. The van der Waals surface area contributed by atoms with Crippen LogP contribution in [0.2, 0.25) is 0 Å². The van der Waals surface area contributed by atoms with E-state index in [2.05, 4.69) is 19.8 Å². The van der Waals surface area contributed by atoms with Crippen LogP contribution in [0.4, 0.5) is 5.82 Å². The van der Waals surface area contributed by atoms with Crippen molar-refractivity contribution in [2.75, 3.05) is 37.6 Å². The Morgan fingerprint density at radius 2 is 1.84 bits per heavy atom. The first-order chi connectivity index (χ1) is 8.85. The number of aryl methyl sites for hydroxylation is 2. The van der Waals surface area contributed by atoms with Gasteiger partial charge >= 0.3 is 0 Å². The second kappa shape index (κ2) is 5.43. The number of rotatable bonds is 3. The highest BCUT2D eigenvalue weighted by Gasteiger charge is 2.24. The SMILES string of the molecule is Cc1cnc(C)c(N2CCN(CC(C)(C)O)CC2)n1. The minimum absolute atomic E-state index is 0.624. The number of nitrogens with zero attached hydrogens (tertiary/aromatic N) is 4. The maximum Gasteiger partial charge on any atom is 0.150 e. The second-order valence-corrected chi connectivity index (χ2v) is 6.00. The van der Waals surface area contributed by atoms with Crippen LogP contribution in [0, 0.1) is 13.8 Å². The van der Waals surface area contributed by atoms with Crippen LogP contribution >= 0.6 is 0 Å². The third kappa shape index (κ3) is 3.88. The second-order valence-electron chi connectivity index (χ2n) is 6.00. The summed E-state index contributed by atoms with van der Waals surface area (Å²) in [5.74, 6) is 1.00. The Labute approximate surface area is 115 Å². The summed E-state index contributed by atoms with van der Waals surface area (Å²) in [5, 5.41) is 9.86. The standard InChI is InChI=1S/C14H24N4O/c1-11-9-15-12(2)13(16-11)18-7-5-17(6-8-18)10-14(3,4)19/h9,19H,5-8,10H2,1-4H3. The zero-order valence-corrected chi connectivity index (χ0v) is 12.3. The van der Waals surface area contributed by atoms with E-state index in [1.54, 1.807) is 0 Å². The molecule has 0 unspecified atom stereocenters. The minimum Gasteiger partial charge on any atom is -0.389 e. The van der Waals surface area contributed by atoms with Gasteiger partial charge in [0.15, 0.2) is 0 Å². The lowest BCUT2D eigenvalue weighted by molar-refractivity contribution is 0.0344. The van der Waals surface area contributed by atoms with Gasteiger partial charge in [0.2, 0.25) is 0 Å². The number of hydrogen-bond acceptors (Lipinski definition) is 5. The van der Waals surface area contributed by atoms with Crippen LogP contribution in [0.15, 0.2) is 6.20 Å². The summed E-state index contributed by atoms with van der Waals surface area (Å²) in [6.07, 6.45) is 1.81. The Balaban J connectivity index is 1.98. The first kappa shape index (κ1) is 14.2. The molecular formula is C14H24N4O. The molecule has 1 aromatic heterocycles. The maximum absolute atomic E-state index is 9.86. The molecule has 2 heterocycles. The predicted octanol–water partition coefficient (Wildman–Crippen LogP) is 0.986. The molecule has 1 aliphatic heterocycles. The quantitative estimate of drug-likeness (QED) is 0.882. The lowest BCUT2D eigenvalue weighted by Crippen LogP contribution is -2.50. The van der Waals surface area contributed by atoms with Crippen molar-refractivity contribution in [1.82, 2.24) is 14.9 Å². The van der Waals surface area contributed by atoms with E-state index in [4.69, 9.17) is 0 Å². The Hall–Kier alpha value is -1.20. The molecule has 5 nitrogen and oxygen atoms in total. The van der Waals surface area contributed by atoms with Gasteiger partial charge in [0.1, 0.15) is 5.82 Å². The molecule has 5 heteroatoms. The van der Waals surface area contributed by atoms with Gasteiger partial charge in [-0.05, 0) is 27.7 Å². The Morgan fingerprint density at radius 1 is 1.21 bits per heavy atom. The summed E-state index contributed by atoms with van der Waals surface area (Å²) in [5.41, 5.74) is 1.32. The molecule has 19 heavy (non-hydrogen) atoms. The summed E-state index contributed by atoms with van der Waals surface area (Å²) >= 11 is 0. The van der Waals surface area contributed by atoms with Crippen molar-refractivity contribution in [3.8, 4) is 0 Å². The fourth-order valence-corrected chi connectivity index (χ4v) is 2.49. The third-order valence-corrected chi connectivity index (χ3v) is 3.33. The smallest absolute Gasteiger partial charge is 0.150 e. The van der Waals surface area contributed by atoms with Crippen molar-refractivity contribution in [3.05, 3.63) is 17.6 Å². The van der Waals surface area contributed by atoms with Crippen molar-refractivity contribution in [2.24, 2.45) is 0 Å². The molecule has 0 atom stereocenters. The molecular weight excluding hydrogens is 240 g/mol. The zero-order chi connectivity index (χ0) is 14.0. The first-order valence-corrected chi connectivity index (χ1v) is 6.85. The molecule has 1 aromatic rings. The van der Waals surface area contributed by atoms with E-state index in [9.17, 15) is 5.11 Å². The van der Waals surface area contributed by atoms with Gasteiger partial charge in [-0.2, -0.15) is 0 Å². The lowest BCUT2D eigenvalue weighted by Gasteiger charge is -2.38. The van der Waals surface area contributed by atoms with Crippen molar-refractivity contribution in [3.63, 3.8) is 0 Å². The van der Waals surface area contributed by atoms with Gasteiger partial charge in [-0.15, -0.1) is 0 Å². The Bertz CT molecular complexity index is 434. The average molecular weight is 264 g/mol. The molecule has 0 amide bonds. The van der Waals surface area contributed by atoms with Crippen molar-refractivity contribution < 1.29 is 5.11 Å². The van der Waals surface area contributed by atoms with E-state index in [-0.39, 0.29) is 0 Å². The van der Waals surface area contributed by atoms with Gasteiger partial charge in [-0.25, -0.2) is 4.98 Å². The van der Waals surface area contributed by atoms with Crippen LogP contribution in [0.5, 0.6) is 0 Å². The molecule has 0 saturated carbocycles. The highest BCUT2D eigenvalue weighted by atomic mass is 16.3. The maximum atomic E-state index is 9.86. The Kier molecular flexibility index (Phi) is 4.06. The molecule has 1 fully saturated rings. The zero-order valence-electron chi connectivity index (χ0n) is 12.3. The van der Waals surface area contributed by atoms with Crippen LogP contribution in [0.3, 0.4) is 0 Å². The molecule has 1 N–H and O–H groups in total. The normalized spacial score (nSPS) is 17.8. The van der Waals surface area contributed by atoms with Crippen molar-refractivity contribution >= 4 is 5.82 Å². The summed E-state index contributed by atoms with van der Waals surface area (Å²) in [7, 11) is 0. The van der Waals surface area contributed by atoms with E-state index >= 15 is 0 Å². The minimum atomic E-state index is -0.624. The van der Waals surface area contributed by atoms with Gasteiger partial charge in [-0.3, -0.25) is 9.88 Å². The van der Waals surface area contributed by atoms with Crippen molar-refractivity contribution in [2.45, 2.75) is 33.3 Å². The lowest BCUT2D eigenvalue weighted by atomic mass is 10.1. The van der Waals surface area contributed by atoms with Gasteiger partial charge in [0, 0.05) is 38.9 Å². The molecule has 0 aliphatic carbocycles. The van der Waals surface area contributed by atoms with Crippen molar-refractivity contribution in [1.29, 1.82) is 0 Å². The number of hydrogen-bond donors (Lipinski definition) is 1. The monoisotopic (exact) mass is 264 g/mol. The summed E-state index contributed by atoms with van der Waals surface area (Å²) in [4.78, 5) is 13.6. The number of aromatic nitrogens is 2. The molecule has 106 valence electrons. The average Bonchev–Trinajstić information content (AvgIpc) is 2.31. The molecule has 0 bridgehead atoms. The number of piperazine rings is 1. The van der Waals surface area contributed by atoms with Crippen LogP contribution < -0.4 is 4.90 Å². The topological polar surface area (TPSA) is 52.5 Å². The van der Waals surface area contributed by atoms with E-state index < -0.39 is 5.60 Å². The van der Waals surface area contributed by atoms with Crippen LogP contribution in [0.1, 0.15) is 25.2 Å². The van der Waals surface area contributed by atoms with E-state index in [1.807, 2.05) is 33.9 Å². The molecule has 0 radical (unpaired) electrons. The van der Waals surface area contributed by atoms with Gasteiger partial charge in [0.05, 0.1) is 17.0 Å². The molecule has 1 saturated heterocycles. The summed E-state index contributed by atoms with van der Waals surface area (Å²) in [6, 6.07) is 0. The van der Waals surface area contributed by atoms with E-state index in [0.717, 1.165) is 49.9 Å². The fraction of sp³-hybridized carbons (Fsp3) is 0.714. The predicted molar refractivity (Wildman–Crippen MR) is 76.5 cm³/mol. The van der Waals surface area contributed by atoms with Crippen LogP contribution in [-0.2, 0) is 0 Å². The number of aliphatic hydroxyl groups is 1. The third-order valence-electron chi connectivity index (χ3n) is 3.33. The number of anilines is 1. The molecule has 0 aromatic carbocycles. The highest BCUT2D eigenvalue weighted by molar-refractivity contribution is 5.43. The van der Waals surface area contributed by atoms with Crippen LogP contribution in [0.25, 0.3) is 0 Å². The fourth-order valence-electron chi connectivity index (χ4n) is 2.49. The molecule has 0 spiro atoms. The van der Waals surface area contributed by atoms with Gasteiger partial charge in [-0.1, -0.05) is 0 Å². The number of β-amino-alcohol motifs (C(OH)–C–C–N with tert-alkyl or cyclic N) is 1. The van der Waals surface area contributed by atoms with E-state index in [0.29, 0.717) is 0 Å². The summed E-state index contributed by atoms with van der Waals surface area (Å²) < 4.78 is 0. The first-order valence-electron chi connectivity index (χ1n) is 6.85. The molecule has 2 rings (SSSR count). The van der Waals surface area contributed by atoms with E-state index in [1.165, 1.54) is 0 Å². The van der Waals surface area contributed by atoms with Crippen LogP contribution in [-0.4, -0.2) is 58.3 Å². The molecule has 1 aliphatic rings. The highest BCUT2D eigenvalue weighted by Crippen LogP contribution is 2.18. The largest absolute Gasteiger partial charge is 0.389 e. The summed E-state index contributed by atoms with van der Waals surface area (Å²) in [6.45, 7) is 12.2. The van der Waals surface area contributed by atoms with Gasteiger partial charge in [0.25, 0.3) is 0 Å². The van der Waals surface area contributed by atoms with Gasteiger partial charge < -0.3 is 10.0 Å².